The Labute approximate surface area is 212 Å². The van der Waals surface area contributed by atoms with E-state index in [1.165, 1.54) is 17.5 Å². The first-order valence-corrected chi connectivity index (χ1v) is 13.0. The van der Waals surface area contributed by atoms with Crippen molar-refractivity contribution in [1.29, 1.82) is 0 Å². The second kappa shape index (κ2) is 9.96. The van der Waals surface area contributed by atoms with Gasteiger partial charge in [-0.1, -0.05) is 13.0 Å². The van der Waals surface area contributed by atoms with Crippen LogP contribution in [-0.2, 0) is 16.0 Å². The molecule has 3 aliphatic carbocycles. The number of methoxy groups -OCH3 is 1. The van der Waals surface area contributed by atoms with Crippen molar-refractivity contribution >= 4 is 23.2 Å². The van der Waals surface area contributed by atoms with Gasteiger partial charge in [-0.2, -0.15) is 5.10 Å². The highest BCUT2D eigenvalue weighted by atomic mass is 16.5. The Bertz CT molecular complexity index is 1180. The van der Waals surface area contributed by atoms with Crippen LogP contribution < -0.4 is 20.2 Å². The predicted octanol–water partition coefficient (Wildman–Crippen LogP) is 5.06. The predicted molar refractivity (Wildman–Crippen MR) is 139 cm³/mol. The second-order valence-corrected chi connectivity index (χ2v) is 10.4. The molecule has 0 bridgehead atoms. The molecule has 2 fully saturated rings. The highest BCUT2D eigenvalue weighted by molar-refractivity contribution is 6.39. The smallest absolute Gasteiger partial charge is 0.329 e. The lowest BCUT2D eigenvalue weighted by Gasteiger charge is -2.49. The summed E-state index contributed by atoms with van der Waals surface area (Å²) in [4.78, 5) is 24.9. The van der Waals surface area contributed by atoms with Gasteiger partial charge in [0.15, 0.2) is 0 Å². The van der Waals surface area contributed by atoms with Crippen LogP contribution in [0.2, 0.25) is 0 Å². The number of carbonyl (C=O) groups is 2. The molecule has 190 valence electrons. The molecule has 4 unspecified atom stereocenters. The third-order valence-electron chi connectivity index (χ3n) is 8.60. The lowest BCUT2D eigenvalue weighted by Crippen LogP contribution is -2.43. The van der Waals surface area contributed by atoms with Crippen molar-refractivity contribution in [2.24, 2.45) is 22.4 Å². The van der Waals surface area contributed by atoms with Crippen molar-refractivity contribution in [1.82, 2.24) is 5.43 Å². The SMILES string of the molecule is CCOc1ccc(NC(=O)C(=O)NN=C2CCC3C4CCc5cc(OC)ccc5C4CCC23C)cc1. The maximum absolute atomic E-state index is 12.5. The number of fused-ring (bicyclic) bond motifs is 5. The number of rotatable bonds is 5. The van der Waals surface area contributed by atoms with Crippen LogP contribution in [0.5, 0.6) is 11.5 Å². The van der Waals surface area contributed by atoms with Crippen molar-refractivity contribution in [3.05, 3.63) is 53.6 Å². The van der Waals surface area contributed by atoms with Gasteiger partial charge >= 0.3 is 11.8 Å². The minimum absolute atomic E-state index is 0.0377. The summed E-state index contributed by atoms with van der Waals surface area (Å²) in [6, 6.07) is 13.5. The summed E-state index contributed by atoms with van der Waals surface area (Å²) in [7, 11) is 1.72. The first kappa shape index (κ1) is 24.3. The molecule has 0 spiro atoms. The van der Waals surface area contributed by atoms with Gasteiger partial charge in [-0.25, -0.2) is 5.43 Å². The van der Waals surface area contributed by atoms with E-state index in [4.69, 9.17) is 9.47 Å². The number of benzene rings is 2. The summed E-state index contributed by atoms with van der Waals surface area (Å²) < 4.78 is 10.8. The molecular formula is C29H35N3O4. The Balaban J connectivity index is 1.23. The van der Waals surface area contributed by atoms with Crippen molar-refractivity contribution in [2.75, 3.05) is 19.0 Å². The lowest BCUT2D eigenvalue weighted by atomic mass is 9.55. The summed E-state index contributed by atoms with van der Waals surface area (Å²) in [5.41, 5.74) is 6.97. The van der Waals surface area contributed by atoms with Gasteiger partial charge in [0.2, 0.25) is 0 Å². The molecular weight excluding hydrogens is 454 g/mol. The molecule has 0 aromatic heterocycles. The number of nitrogens with one attached hydrogen (secondary N) is 2. The van der Waals surface area contributed by atoms with Gasteiger partial charge in [-0.05, 0) is 111 Å². The van der Waals surface area contributed by atoms with E-state index in [0.717, 1.165) is 43.6 Å². The van der Waals surface area contributed by atoms with Gasteiger partial charge in [-0.3, -0.25) is 9.59 Å². The molecule has 0 saturated heterocycles. The molecule has 2 amide bonds. The summed E-state index contributed by atoms with van der Waals surface area (Å²) in [6.45, 7) is 4.78. The fraction of sp³-hybridized carbons (Fsp3) is 0.483. The zero-order valence-corrected chi connectivity index (χ0v) is 21.3. The summed E-state index contributed by atoms with van der Waals surface area (Å²) in [5.74, 6) is 1.91. The van der Waals surface area contributed by atoms with Gasteiger partial charge in [0.1, 0.15) is 11.5 Å². The van der Waals surface area contributed by atoms with E-state index in [1.807, 2.05) is 6.92 Å². The third kappa shape index (κ3) is 4.47. The molecule has 3 aliphatic rings. The van der Waals surface area contributed by atoms with Crippen LogP contribution in [0.3, 0.4) is 0 Å². The van der Waals surface area contributed by atoms with E-state index in [1.54, 1.807) is 31.4 Å². The number of hydrogen-bond acceptors (Lipinski definition) is 5. The fourth-order valence-corrected chi connectivity index (χ4v) is 6.82. The molecule has 5 rings (SSSR count). The molecule has 4 atom stereocenters. The Morgan fingerprint density at radius 1 is 1.03 bits per heavy atom. The topological polar surface area (TPSA) is 89.0 Å². The Kier molecular flexibility index (Phi) is 6.73. The van der Waals surface area contributed by atoms with E-state index >= 15 is 0 Å². The molecule has 2 saturated carbocycles. The van der Waals surface area contributed by atoms with Gasteiger partial charge in [0.25, 0.3) is 0 Å². The molecule has 0 radical (unpaired) electrons. The van der Waals surface area contributed by atoms with E-state index in [-0.39, 0.29) is 5.41 Å². The normalized spacial score (nSPS) is 27.4. The molecule has 36 heavy (non-hydrogen) atoms. The van der Waals surface area contributed by atoms with Crippen LogP contribution >= 0.6 is 0 Å². The van der Waals surface area contributed by atoms with Crippen LogP contribution in [0.4, 0.5) is 5.69 Å². The average molecular weight is 490 g/mol. The highest BCUT2D eigenvalue weighted by Gasteiger charge is 2.53. The number of carbonyl (C=O) groups excluding carboxylic acids is 2. The Hall–Kier alpha value is -3.35. The lowest BCUT2D eigenvalue weighted by molar-refractivity contribution is -0.136. The molecule has 7 heteroatoms. The summed E-state index contributed by atoms with van der Waals surface area (Å²) >= 11 is 0. The first-order valence-electron chi connectivity index (χ1n) is 13.0. The average Bonchev–Trinajstić information content (AvgIpc) is 3.24. The molecule has 0 heterocycles. The number of anilines is 1. The Morgan fingerprint density at radius 3 is 2.56 bits per heavy atom. The number of amides is 2. The van der Waals surface area contributed by atoms with E-state index in [0.29, 0.717) is 35.8 Å². The molecule has 7 nitrogen and oxygen atoms in total. The van der Waals surface area contributed by atoms with Crippen molar-refractivity contribution in [3.8, 4) is 11.5 Å². The molecule has 2 N–H and O–H groups in total. The van der Waals surface area contributed by atoms with E-state index < -0.39 is 11.8 Å². The van der Waals surface area contributed by atoms with Gasteiger partial charge in [0, 0.05) is 16.8 Å². The number of hydrazone groups is 1. The zero-order chi connectivity index (χ0) is 25.3. The quantitative estimate of drug-likeness (QED) is 0.454. The van der Waals surface area contributed by atoms with Crippen LogP contribution in [0, 0.1) is 17.3 Å². The number of ether oxygens (including phenoxy) is 2. The summed E-state index contributed by atoms with van der Waals surface area (Å²) in [5, 5.41) is 7.13. The van der Waals surface area contributed by atoms with E-state index in [9.17, 15) is 9.59 Å². The van der Waals surface area contributed by atoms with Crippen LogP contribution in [0.15, 0.2) is 47.6 Å². The number of aryl methyl sites for hydroxylation is 1. The fourth-order valence-electron chi connectivity index (χ4n) is 6.82. The first-order chi connectivity index (χ1) is 17.4. The maximum atomic E-state index is 12.5. The third-order valence-corrected chi connectivity index (χ3v) is 8.60. The Morgan fingerprint density at radius 2 is 1.81 bits per heavy atom. The van der Waals surface area contributed by atoms with Crippen LogP contribution in [-0.4, -0.2) is 31.2 Å². The van der Waals surface area contributed by atoms with Crippen molar-refractivity contribution in [2.45, 2.75) is 58.3 Å². The van der Waals surface area contributed by atoms with Crippen LogP contribution in [0.1, 0.15) is 63.0 Å². The molecule has 0 aliphatic heterocycles. The second-order valence-electron chi connectivity index (χ2n) is 10.4. The van der Waals surface area contributed by atoms with Crippen molar-refractivity contribution < 1.29 is 19.1 Å². The molecule has 2 aromatic rings. The standard InChI is InChI=1S/C29H35N3O4/c1-4-36-20-8-6-19(7-9-20)30-27(33)28(34)32-31-26-14-13-25-24-11-5-18-17-21(35-3)10-12-22(18)23(24)15-16-29(25,26)2/h6-10,12,17,23-25H,4-5,11,13-16H2,1-3H3,(H,30,33)(H,32,34). The van der Waals surface area contributed by atoms with Gasteiger partial charge < -0.3 is 14.8 Å². The van der Waals surface area contributed by atoms with Gasteiger partial charge in [-0.15, -0.1) is 0 Å². The van der Waals surface area contributed by atoms with Gasteiger partial charge in [0.05, 0.1) is 13.7 Å². The van der Waals surface area contributed by atoms with Crippen LogP contribution in [0.25, 0.3) is 0 Å². The molecule has 2 aromatic carbocycles. The zero-order valence-electron chi connectivity index (χ0n) is 21.3. The van der Waals surface area contributed by atoms with Crippen molar-refractivity contribution in [3.63, 3.8) is 0 Å². The minimum atomic E-state index is -0.752. The number of hydrogen-bond donors (Lipinski definition) is 2. The summed E-state index contributed by atoms with van der Waals surface area (Å²) in [6.07, 6.45) is 6.35. The minimum Gasteiger partial charge on any atom is -0.497 e. The number of nitrogens with zero attached hydrogens (tertiary/aromatic N) is 1. The highest BCUT2D eigenvalue weighted by Crippen LogP contribution is 2.59. The maximum Gasteiger partial charge on any atom is 0.329 e. The van der Waals surface area contributed by atoms with E-state index in [2.05, 4.69) is 41.0 Å². The monoisotopic (exact) mass is 489 g/mol. The largest absolute Gasteiger partial charge is 0.497 e.